The van der Waals surface area contributed by atoms with Gasteiger partial charge in [0.05, 0.1) is 29.2 Å². The molecule has 1 aromatic carbocycles. The van der Waals surface area contributed by atoms with Gasteiger partial charge in [0.15, 0.2) is 5.65 Å². The molecule has 4 aromatic rings. The maximum atomic E-state index is 12.9. The van der Waals surface area contributed by atoms with Crippen LogP contribution in [-0.4, -0.2) is 31.9 Å². The first-order chi connectivity index (χ1) is 13.2. The van der Waals surface area contributed by atoms with Crippen LogP contribution in [0.5, 0.6) is 0 Å². The zero-order chi connectivity index (χ0) is 18.4. The van der Waals surface area contributed by atoms with E-state index < -0.39 is 0 Å². The van der Waals surface area contributed by atoms with Crippen molar-refractivity contribution in [1.29, 1.82) is 0 Å². The van der Waals surface area contributed by atoms with Gasteiger partial charge in [-0.1, -0.05) is 30.3 Å². The smallest absolute Gasteiger partial charge is 0.261 e. The van der Waals surface area contributed by atoms with Crippen molar-refractivity contribution in [3.63, 3.8) is 0 Å². The fourth-order valence-corrected chi connectivity index (χ4v) is 3.91. The first kappa shape index (κ1) is 16.2. The highest BCUT2D eigenvalue weighted by molar-refractivity contribution is 5.86. The minimum absolute atomic E-state index is 0.0492. The summed E-state index contributed by atoms with van der Waals surface area (Å²) in [5.41, 5.74) is 4.46. The minimum atomic E-state index is -0.0492. The molecule has 0 unspecified atom stereocenters. The van der Waals surface area contributed by atoms with Gasteiger partial charge in [0.25, 0.3) is 5.56 Å². The van der Waals surface area contributed by atoms with E-state index in [1.54, 1.807) is 15.3 Å². The van der Waals surface area contributed by atoms with Gasteiger partial charge in [-0.05, 0) is 31.4 Å². The number of benzene rings is 1. The summed E-state index contributed by atoms with van der Waals surface area (Å²) in [6.07, 6.45) is 5.69. The maximum Gasteiger partial charge on any atom is 0.261 e. The largest absolute Gasteiger partial charge is 0.376 e. The monoisotopic (exact) mass is 360 g/mol. The summed E-state index contributed by atoms with van der Waals surface area (Å²) >= 11 is 0. The third kappa shape index (κ3) is 2.64. The fraction of sp³-hybridized carbons (Fsp3) is 0.286. The number of hydrogen-bond acceptors (Lipinski definition) is 4. The summed E-state index contributed by atoms with van der Waals surface area (Å²) in [4.78, 5) is 17.5. The van der Waals surface area contributed by atoms with Crippen molar-refractivity contribution >= 4 is 16.6 Å². The van der Waals surface area contributed by atoms with Gasteiger partial charge in [0.1, 0.15) is 0 Å². The predicted molar refractivity (Wildman–Crippen MR) is 104 cm³/mol. The summed E-state index contributed by atoms with van der Waals surface area (Å²) in [6.45, 7) is 3.34. The van der Waals surface area contributed by atoms with Crippen LogP contribution < -0.4 is 5.56 Å². The van der Waals surface area contributed by atoms with Gasteiger partial charge in [0.2, 0.25) is 0 Å². The molecule has 1 saturated heterocycles. The van der Waals surface area contributed by atoms with E-state index in [-0.39, 0.29) is 11.7 Å². The van der Waals surface area contributed by atoms with Crippen LogP contribution in [0, 0.1) is 6.92 Å². The quantitative estimate of drug-likeness (QED) is 0.563. The molecule has 1 fully saturated rings. The lowest BCUT2D eigenvalue weighted by Gasteiger charge is -2.12. The Morgan fingerprint density at radius 2 is 2.07 bits per heavy atom. The highest BCUT2D eigenvalue weighted by Gasteiger charge is 2.19. The first-order valence-corrected chi connectivity index (χ1v) is 9.27. The van der Waals surface area contributed by atoms with Crippen molar-refractivity contribution in [2.45, 2.75) is 32.4 Å². The van der Waals surface area contributed by atoms with Crippen molar-refractivity contribution in [2.75, 3.05) is 6.61 Å². The van der Waals surface area contributed by atoms with Gasteiger partial charge < -0.3 is 9.30 Å². The van der Waals surface area contributed by atoms with Gasteiger partial charge in [-0.15, -0.1) is 0 Å². The lowest BCUT2D eigenvalue weighted by atomic mass is 10.1. The lowest BCUT2D eigenvalue weighted by molar-refractivity contribution is 0.0963. The molecule has 0 bridgehead atoms. The zero-order valence-electron chi connectivity index (χ0n) is 15.1. The summed E-state index contributed by atoms with van der Waals surface area (Å²) in [5, 5.41) is 5.25. The second-order valence-corrected chi connectivity index (χ2v) is 7.03. The lowest BCUT2D eigenvalue weighted by Crippen LogP contribution is -2.26. The molecule has 3 aromatic heterocycles. The number of rotatable bonds is 3. The van der Waals surface area contributed by atoms with Crippen LogP contribution in [0.15, 0.2) is 53.6 Å². The van der Waals surface area contributed by atoms with Crippen molar-refractivity contribution in [1.82, 2.24) is 19.2 Å². The number of ether oxygens (including phenoxy) is 1. The van der Waals surface area contributed by atoms with Crippen LogP contribution in [0.1, 0.15) is 18.5 Å². The number of aryl methyl sites for hydroxylation is 1. The Hall–Kier alpha value is -2.99. The molecule has 136 valence electrons. The van der Waals surface area contributed by atoms with Crippen molar-refractivity contribution in [3.05, 3.63) is 64.8 Å². The third-order valence-corrected chi connectivity index (χ3v) is 5.25. The minimum Gasteiger partial charge on any atom is -0.376 e. The Bertz CT molecular complexity index is 1190. The van der Waals surface area contributed by atoms with E-state index in [2.05, 4.69) is 22.2 Å². The van der Waals surface area contributed by atoms with Crippen LogP contribution >= 0.6 is 0 Å². The first-order valence-electron chi connectivity index (χ1n) is 9.27. The molecule has 1 aliphatic rings. The van der Waals surface area contributed by atoms with E-state index in [0.717, 1.165) is 47.4 Å². The average Bonchev–Trinajstić information content (AvgIpc) is 3.31. The molecule has 1 atom stereocenters. The van der Waals surface area contributed by atoms with Crippen LogP contribution in [-0.2, 0) is 11.3 Å². The van der Waals surface area contributed by atoms with Crippen LogP contribution in [0.2, 0.25) is 0 Å². The normalized spacial score (nSPS) is 17.1. The molecule has 0 aliphatic carbocycles. The van der Waals surface area contributed by atoms with E-state index >= 15 is 0 Å². The van der Waals surface area contributed by atoms with Crippen LogP contribution in [0.4, 0.5) is 0 Å². The van der Waals surface area contributed by atoms with E-state index in [1.165, 1.54) is 0 Å². The molecule has 4 heterocycles. The van der Waals surface area contributed by atoms with Crippen molar-refractivity contribution < 1.29 is 4.74 Å². The second-order valence-electron chi connectivity index (χ2n) is 7.03. The van der Waals surface area contributed by atoms with Gasteiger partial charge in [-0.3, -0.25) is 4.79 Å². The highest BCUT2D eigenvalue weighted by Crippen LogP contribution is 2.28. The Morgan fingerprint density at radius 1 is 1.22 bits per heavy atom. The second kappa shape index (κ2) is 6.32. The van der Waals surface area contributed by atoms with Crippen molar-refractivity contribution in [2.24, 2.45) is 0 Å². The SMILES string of the molecule is Cc1nn2c(ncc3c(=O)n(C[C@@H]4CCCO4)ccc32)c1-c1ccccc1. The molecule has 1 aliphatic heterocycles. The summed E-state index contributed by atoms with van der Waals surface area (Å²) in [5.74, 6) is 0. The molecule has 6 heteroatoms. The number of fused-ring (bicyclic) bond motifs is 3. The van der Waals surface area contributed by atoms with E-state index in [0.29, 0.717) is 11.9 Å². The Morgan fingerprint density at radius 3 is 2.85 bits per heavy atom. The van der Waals surface area contributed by atoms with E-state index in [9.17, 15) is 4.79 Å². The highest BCUT2D eigenvalue weighted by atomic mass is 16.5. The molecule has 27 heavy (non-hydrogen) atoms. The number of nitrogens with zero attached hydrogens (tertiary/aromatic N) is 4. The molecule has 0 spiro atoms. The molecule has 0 radical (unpaired) electrons. The molecule has 0 amide bonds. The Kier molecular flexibility index (Phi) is 3.79. The topological polar surface area (TPSA) is 61.4 Å². The molecule has 0 N–H and O–H groups in total. The molecule has 6 nitrogen and oxygen atoms in total. The Balaban J connectivity index is 1.67. The van der Waals surface area contributed by atoms with Crippen LogP contribution in [0.25, 0.3) is 27.7 Å². The molecular formula is C21H20N4O2. The number of hydrogen-bond donors (Lipinski definition) is 0. The van der Waals surface area contributed by atoms with Gasteiger partial charge in [-0.25, -0.2) is 9.50 Å². The molecule has 0 saturated carbocycles. The molecular weight excluding hydrogens is 340 g/mol. The summed E-state index contributed by atoms with van der Waals surface area (Å²) < 4.78 is 9.17. The van der Waals surface area contributed by atoms with E-state index in [1.807, 2.05) is 37.4 Å². The number of aromatic nitrogens is 4. The van der Waals surface area contributed by atoms with Crippen LogP contribution in [0.3, 0.4) is 0 Å². The average molecular weight is 360 g/mol. The third-order valence-electron chi connectivity index (χ3n) is 5.25. The molecule has 5 rings (SSSR count). The van der Waals surface area contributed by atoms with Gasteiger partial charge in [0, 0.05) is 24.6 Å². The van der Waals surface area contributed by atoms with Gasteiger partial charge in [-0.2, -0.15) is 5.10 Å². The Labute approximate surface area is 156 Å². The van der Waals surface area contributed by atoms with Crippen molar-refractivity contribution in [3.8, 4) is 11.1 Å². The van der Waals surface area contributed by atoms with Gasteiger partial charge >= 0.3 is 0 Å². The summed E-state index contributed by atoms with van der Waals surface area (Å²) in [6, 6.07) is 12.0. The zero-order valence-corrected chi connectivity index (χ0v) is 15.1. The fourth-order valence-electron chi connectivity index (χ4n) is 3.91. The maximum absolute atomic E-state index is 12.9. The summed E-state index contributed by atoms with van der Waals surface area (Å²) in [7, 11) is 0. The number of pyridine rings is 1. The standard InChI is InChI=1S/C21H20N4O2/c1-14-19(15-6-3-2-4-7-15)20-22-12-17-18(25(20)23-14)9-10-24(21(17)26)13-16-8-5-11-27-16/h2-4,6-7,9-10,12,16H,5,8,11,13H2,1H3/t16-/m0/s1. The van der Waals surface area contributed by atoms with E-state index in [4.69, 9.17) is 4.74 Å². The predicted octanol–water partition coefficient (Wildman–Crippen LogP) is 3.20.